The molecule has 1 aliphatic heterocycles. The van der Waals surface area contributed by atoms with E-state index in [4.69, 9.17) is 14.1 Å². The van der Waals surface area contributed by atoms with E-state index < -0.39 is 0 Å². The lowest BCUT2D eigenvalue weighted by Gasteiger charge is -2.20. The quantitative estimate of drug-likeness (QED) is 0.405. The maximum atomic E-state index is 11.4. The zero-order valence-electron chi connectivity index (χ0n) is 17.8. The maximum absolute atomic E-state index is 11.4. The molecule has 5 nitrogen and oxygen atoms in total. The number of aromatic nitrogens is 1. The predicted molar refractivity (Wildman–Crippen MR) is 124 cm³/mol. The van der Waals surface area contributed by atoms with Gasteiger partial charge in [-0.1, -0.05) is 60.7 Å². The molecule has 0 spiro atoms. The molecule has 0 radical (unpaired) electrons. The van der Waals surface area contributed by atoms with Gasteiger partial charge in [-0.05, 0) is 31.2 Å². The van der Waals surface area contributed by atoms with Crippen molar-refractivity contribution in [2.45, 2.75) is 18.4 Å². The minimum absolute atomic E-state index is 0.0192. The maximum Gasteiger partial charge on any atom is 0.200 e. The molecule has 2 heterocycles. The summed E-state index contributed by atoms with van der Waals surface area (Å²) < 4.78 is 12.1. The number of benzene rings is 3. The highest BCUT2D eigenvalue weighted by Gasteiger charge is 2.36. The monoisotopic (exact) mass is 424 g/mol. The summed E-state index contributed by atoms with van der Waals surface area (Å²) in [7, 11) is 1.65. The van der Waals surface area contributed by atoms with Crippen molar-refractivity contribution in [1.82, 2.24) is 10.3 Å². The topological polar surface area (TPSA) is 64.4 Å². The van der Waals surface area contributed by atoms with Crippen LogP contribution < -0.4 is 10.1 Å². The van der Waals surface area contributed by atoms with E-state index in [1.54, 1.807) is 13.2 Å². The molecule has 0 aliphatic carbocycles. The lowest BCUT2D eigenvalue weighted by Crippen LogP contribution is -2.18. The van der Waals surface area contributed by atoms with Crippen LogP contribution >= 0.6 is 0 Å². The molecule has 1 saturated heterocycles. The largest absolute Gasteiger partial charge is 0.496 e. The van der Waals surface area contributed by atoms with Gasteiger partial charge in [-0.25, -0.2) is 4.98 Å². The first-order chi connectivity index (χ1) is 15.8. The second kappa shape index (κ2) is 8.81. The van der Waals surface area contributed by atoms with Crippen LogP contribution in [0.15, 0.2) is 83.3 Å². The van der Waals surface area contributed by atoms with E-state index in [2.05, 4.69) is 17.4 Å². The second-order valence-corrected chi connectivity index (χ2v) is 7.91. The molecule has 1 aliphatic rings. The van der Waals surface area contributed by atoms with Crippen LogP contribution in [0.3, 0.4) is 0 Å². The highest BCUT2D eigenvalue weighted by Crippen LogP contribution is 2.44. The first kappa shape index (κ1) is 20.2. The Balaban J connectivity index is 1.61. The number of hydrogen-bond acceptors (Lipinski definition) is 5. The number of nitrogens with one attached hydrogen (secondary N) is 1. The summed E-state index contributed by atoms with van der Waals surface area (Å²) in [4.78, 5) is 16.4. The fraction of sp³-hybridized carbons (Fsp3) is 0.185. The van der Waals surface area contributed by atoms with Gasteiger partial charge in [0, 0.05) is 28.3 Å². The Morgan fingerprint density at radius 2 is 1.72 bits per heavy atom. The number of aldehydes is 1. The van der Waals surface area contributed by atoms with Gasteiger partial charge < -0.3 is 14.5 Å². The third-order valence-electron chi connectivity index (χ3n) is 5.99. The van der Waals surface area contributed by atoms with Gasteiger partial charge in [-0.2, -0.15) is 0 Å². The van der Waals surface area contributed by atoms with Crippen molar-refractivity contribution in [2.75, 3.05) is 13.7 Å². The molecule has 1 N–H and O–H groups in total. The summed E-state index contributed by atoms with van der Waals surface area (Å²) in [5.41, 5.74) is 4.42. The molecule has 1 fully saturated rings. The molecule has 5 heteroatoms. The zero-order valence-corrected chi connectivity index (χ0v) is 17.8. The molecular weight excluding hydrogens is 400 g/mol. The van der Waals surface area contributed by atoms with E-state index in [0.717, 1.165) is 53.1 Å². The van der Waals surface area contributed by atoms with Gasteiger partial charge in [0.25, 0.3) is 0 Å². The molecule has 160 valence electrons. The van der Waals surface area contributed by atoms with Crippen LogP contribution in [0.2, 0.25) is 0 Å². The van der Waals surface area contributed by atoms with Crippen molar-refractivity contribution < 1.29 is 13.9 Å². The summed E-state index contributed by atoms with van der Waals surface area (Å²) >= 11 is 0. The number of oxazole rings is 1. The van der Waals surface area contributed by atoms with Gasteiger partial charge >= 0.3 is 0 Å². The summed E-state index contributed by atoms with van der Waals surface area (Å²) in [5.74, 6) is 2.23. The highest BCUT2D eigenvalue weighted by molar-refractivity contribution is 5.77. The van der Waals surface area contributed by atoms with Gasteiger partial charge in [0.05, 0.1) is 13.0 Å². The van der Waals surface area contributed by atoms with E-state index in [1.165, 1.54) is 0 Å². The molecular formula is C27H24N2O3. The van der Waals surface area contributed by atoms with E-state index in [9.17, 15) is 4.79 Å². The Kier molecular flexibility index (Phi) is 5.57. The van der Waals surface area contributed by atoms with Crippen LogP contribution in [0, 0.1) is 0 Å². The Morgan fingerprint density at radius 3 is 2.41 bits per heavy atom. The number of rotatable bonds is 6. The highest BCUT2D eigenvalue weighted by atomic mass is 16.5. The number of carbonyl (C=O) groups is 1. The molecule has 32 heavy (non-hydrogen) atoms. The lowest BCUT2D eigenvalue weighted by atomic mass is 9.92. The molecule has 3 aromatic carbocycles. The molecule has 5 rings (SSSR count). The number of hydrogen-bond donors (Lipinski definition) is 1. The number of nitrogens with zero attached hydrogens (tertiary/aromatic N) is 1. The van der Waals surface area contributed by atoms with Crippen LogP contribution in [-0.2, 0) is 0 Å². The van der Waals surface area contributed by atoms with Crippen LogP contribution in [0.1, 0.15) is 40.2 Å². The average Bonchev–Trinajstić information content (AvgIpc) is 3.52. The number of methoxy groups -OCH3 is 1. The Bertz CT molecular complexity index is 1160. The number of ether oxygens (including phenoxy) is 1. The van der Waals surface area contributed by atoms with Crippen molar-refractivity contribution in [1.29, 1.82) is 0 Å². The summed E-state index contributed by atoms with van der Waals surface area (Å²) in [6.45, 7) is 0.827. The van der Waals surface area contributed by atoms with Crippen LogP contribution in [-0.4, -0.2) is 24.9 Å². The van der Waals surface area contributed by atoms with Crippen molar-refractivity contribution in [3.05, 3.63) is 95.9 Å². The predicted octanol–water partition coefficient (Wildman–Crippen LogP) is 5.65. The third kappa shape index (κ3) is 3.72. The number of carbonyl (C=O) groups excluding carboxylic acids is 1. The van der Waals surface area contributed by atoms with Gasteiger partial charge in [0.2, 0.25) is 5.89 Å². The van der Waals surface area contributed by atoms with Crippen LogP contribution in [0.5, 0.6) is 5.75 Å². The molecule has 2 atom stereocenters. The second-order valence-electron chi connectivity index (χ2n) is 7.91. The summed E-state index contributed by atoms with van der Waals surface area (Å²) in [5, 5.41) is 3.56. The Morgan fingerprint density at radius 1 is 1.00 bits per heavy atom. The van der Waals surface area contributed by atoms with E-state index in [1.807, 2.05) is 60.7 Å². The fourth-order valence-electron chi connectivity index (χ4n) is 4.44. The average molecular weight is 425 g/mol. The van der Waals surface area contributed by atoms with E-state index in [0.29, 0.717) is 11.5 Å². The molecule has 0 bridgehead atoms. The van der Waals surface area contributed by atoms with E-state index in [-0.39, 0.29) is 12.0 Å². The Hall–Kier alpha value is -3.70. The van der Waals surface area contributed by atoms with Crippen molar-refractivity contribution in [3.8, 4) is 28.3 Å². The molecule has 0 saturated carbocycles. The molecule has 1 aromatic heterocycles. The smallest absolute Gasteiger partial charge is 0.200 e. The zero-order chi connectivity index (χ0) is 21.9. The first-order valence-corrected chi connectivity index (χ1v) is 10.8. The molecule has 0 amide bonds. The summed E-state index contributed by atoms with van der Waals surface area (Å²) in [6.07, 6.45) is 1.74. The molecule has 4 aromatic rings. The van der Waals surface area contributed by atoms with Crippen LogP contribution in [0.25, 0.3) is 22.6 Å². The van der Waals surface area contributed by atoms with Gasteiger partial charge in [-0.3, -0.25) is 4.79 Å². The standard InChI is InChI=1S/C27H24N2O3/c1-31-23-13-12-18(17-30)16-22(23)25-21(14-15-28-25)27-29-24(19-8-4-2-5-9-19)26(32-27)20-10-6-3-7-11-20/h2-13,16-17,21,25,28H,14-15H2,1H3. The first-order valence-electron chi connectivity index (χ1n) is 10.8. The Labute approximate surface area is 187 Å². The lowest BCUT2D eigenvalue weighted by molar-refractivity contribution is 0.112. The third-order valence-corrected chi connectivity index (χ3v) is 5.99. The van der Waals surface area contributed by atoms with Gasteiger partial charge in [0.15, 0.2) is 5.76 Å². The fourth-order valence-corrected chi connectivity index (χ4v) is 4.44. The van der Waals surface area contributed by atoms with Crippen LogP contribution in [0.4, 0.5) is 0 Å². The van der Waals surface area contributed by atoms with E-state index >= 15 is 0 Å². The summed E-state index contributed by atoms with van der Waals surface area (Å²) in [6, 6.07) is 25.6. The minimum atomic E-state index is -0.0595. The van der Waals surface area contributed by atoms with Gasteiger partial charge in [0.1, 0.15) is 17.7 Å². The van der Waals surface area contributed by atoms with Crippen molar-refractivity contribution in [3.63, 3.8) is 0 Å². The SMILES string of the molecule is COc1ccc(C=O)cc1C1NCCC1c1nc(-c2ccccc2)c(-c2ccccc2)o1. The van der Waals surface area contributed by atoms with Crippen molar-refractivity contribution >= 4 is 6.29 Å². The minimum Gasteiger partial charge on any atom is -0.496 e. The normalized spacial score (nSPS) is 17.9. The van der Waals surface area contributed by atoms with Crippen molar-refractivity contribution in [2.24, 2.45) is 0 Å². The van der Waals surface area contributed by atoms with Gasteiger partial charge in [-0.15, -0.1) is 0 Å². The molecule has 2 unspecified atom stereocenters.